The van der Waals surface area contributed by atoms with Gasteiger partial charge in [0.05, 0.1) is 10.5 Å². The molecule has 1 saturated carbocycles. The molecule has 6 nitrogen and oxygen atoms in total. The summed E-state index contributed by atoms with van der Waals surface area (Å²) in [4.78, 5) is 11.6. The number of fused-ring (bicyclic) bond motifs is 3. The second kappa shape index (κ2) is 7.16. The fourth-order valence-corrected chi connectivity index (χ4v) is 5.63. The van der Waals surface area contributed by atoms with Crippen LogP contribution in [0.5, 0.6) is 5.75 Å². The van der Waals surface area contributed by atoms with Gasteiger partial charge in [-0.15, -0.1) is 0 Å². The van der Waals surface area contributed by atoms with Crippen LogP contribution in [0.1, 0.15) is 29.9 Å². The molecule has 0 spiro atoms. The molecule has 2 aromatic rings. The van der Waals surface area contributed by atoms with Crippen molar-refractivity contribution in [3.8, 4) is 5.75 Å². The zero-order chi connectivity index (χ0) is 20.1. The van der Waals surface area contributed by atoms with Gasteiger partial charge in [0, 0.05) is 26.7 Å². The van der Waals surface area contributed by atoms with E-state index in [1.165, 1.54) is 0 Å². The molecule has 3 unspecified atom stereocenters. The third kappa shape index (κ3) is 3.33. The molecule has 4 rings (SSSR count). The topological polar surface area (TPSA) is 92.7 Å². The molecule has 0 saturated heterocycles. The van der Waals surface area contributed by atoms with E-state index in [2.05, 4.69) is 33.9 Å². The van der Waals surface area contributed by atoms with Gasteiger partial charge >= 0.3 is 5.97 Å². The van der Waals surface area contributed by atoms with E-state index < -0.39 is 16.0 Å². The van der Waals surface area contributed by atoms with Gasteiger partial charge in [-0.3, -0.25) is 0 Å². The number of hydrogen-bond acceptors (Lipinski definition) is 4. The van der Waals surface area contributed by atoms with E-state index in [0.717, 1.165) is 9.13 Å². The standard InChI is InChI=1S/C20H18INO5S/c1-11(20(23)24)14-3-2-4-15-18-16(9-10-17(18)27-19(14)15)22-28(25,26)13-7-5-12(21)6-8-13/h2-8,16-18,22H,1,9-10H2,(H,23,24). The van der Waals surface area contributed by atoms with Gasteiger partial charge in [0.25, 0.3) is 0 Å². The van der Waals surface area contributed by atoms with E-state index in [1.54, 1.807) is 36.4 Å². The van der Waals surface area contributed by atoms with E-state index >= 15 is 0 Å². The van der Waals surface area contributed by atoms with Crippen molar-refractivity contribution in [2.24, 2.45) is 0 Å². The molecule has 0 bridgehead atoms. The van der Waals surface area contributed by atoms with Crippen LogP contribution in [0.4, 0.5) is 0 Å². The first-order valence-electron chi connectivity index (χ1n) is 8.78. The third-order valence-corrected chi connectivity index (χ3v) is 7.51. The normalized spacial score (nSPS) is 23.0. The molecule has 1 aliphatic heterocycles. The lowest BCUT2D eigenvalue weighted by molar-refractivity contribution is -0.130. The first-order chi connectivity index (χ1) is 13.3. The minimum Gasteiger partial charge on any atom is -0.489 e. The zero-order valence-electron chi connectivity index (χ0n) is 14.8. The van der Waals surface area contributed by atoms with Crippen molar-refractivity contribution in [2.75, 3.05) is 0 Å². The summed E-state index contributed by atoms with van der Waals surface area (Å²) in [6.45, 7) is 3.63. The number of aliphatic carboxylic acids is 1. The predicted molar refractivity (Wildman–Crippen MR) is 113 cm³/mol. The number of benzene rings is 2. The molecule has 146 valence electrons. The lowest BCUT2D eigenvalue weighted by Crippen LogP contribution is -2.37. The number of para-hydroxylation sites is 1. The average Bonchev–Trinajstić information content (AvgIpc) is 3.21. The van der Waals surface area contributed by atoms with E-state index in [0.29, 0.717) is 24.2 Å². The molecule has 1 fully saturated rings. The van der Waals surface area contributed by atoms with Gasteiger partial charge in [0.15, 0.2) is 0 Å². The Kier molecular flexibility index (Phi) is 4.96. The molecule has 1 aliphatic carbocycles. The first-order valence-corrected chi connectivity index (χ1v) is 11.3. The van der Waals surface area contributed by atoms with E-state index in [-0.39, 0.29) is 28.5 Å². The molecule has 2 aromatic carbocycles. The van der Waals surface area contributed by atoms with Gasteiger partial charge in [-0.1, -0.05) is 24.8 Å². The van der Waals surface area contributed by atoms with Crippen LogP contribution >= 0.6 is 22.6 Å². The Balaban J connectivity index is 1.64. The highest BCUT2D eigenvalue weighted by atomic mass is 127. The monoisotopic (exact) mass is 511 g/mol. The highest BCUT2D eigenvalue weighted by Gasteiger charge is 2.47. The molecule has 8 heteroatoms. The van der Waals surface area contributed by atoms with Crippen molar-refractivity contribution < 1.29 is 23.1 Å². The average molecular weight is 511 g/mol. The smallest absolute Gasteiger partial charge is 0.335 e. The van der Waals surface area contributed by atoms with Crippen LogP contribution in [-0.2, 0) is 14.8 Å². The van der Waals surface area contributed by atoms with Gasteiger partial charge in [-0.2, -0.15) is 0 Å². The van der Waals surface area contributed by atoms with Crippen LogP contribution in [0.2, 0.25) is 0 Å². The first kappa shape index (κ1) is 19.4. The molecule has 28 heavy (non-hydrogen) atoms. The predicted octanol–water partition coefficient (Wildman–Crippen LogP) is 3.37. The molecule has 2 aliphatic rings. The minimum absolute atomic E-state index is 0.0344. The Bertz CT molecular complexity index is 1060. The Labute approximate surface area is 176 Å². The summed E-state index contributed by atoms with van der Waals surface area (Å²) in [5.41, 5.74) is 1.24. The molecule has 0 radical (unpaired) electrons. The van der Waals surface area contributed by atoms with Crippen LogP contribution in [-0.4, -0.2) is 31.6 Å². The van der Waals surface area contributed by atoms with Crippen LogP contribution in [0, 0.1) is 3.57 Å². The zero-order valence-corrected chi connectivity index (χ0v) is 17.7. The van der Waals surface area contributed by atoms with Gasteiger partial charge in [-0.25, -0.2) is 17.9 Å². The Morgan fingerprint density at radius 3 is 2.57 bits per heavy atom. The molecule has 2 N–H and O–H groups in total. The van der Waals surface area contributed by atoms with Crippen LogP contribution in [0.15, 0.2) is 53.9 Å². The van der Waals surface area contributed by atoms with E-state index in [1.807, 2.05) is 6.07 Å². The maximum atomic E-state index is 12.8. The molecular weight excluding hydrogens is 493 g/mol. The molecule has 3 atom stereocenters. The number of hydrogen-bond donors (Lipinski definition) is 2. The van der Waals surface area contributed by atoms with E-state index in [4.69, 9.17) is 4.74 Å². The minimum atomic E-state index is -3.66. The van der Waals surface area contributed by atoms with Gasteiger partial charge in [0.2, 0.25) is 10.0 Å². The summed E-state index contributed by atoms with van der Waals surface area (Å²) in [6.07, 6.45) is 1.17. The van der Waals surface area contributed by atoms with Crippen LogP contribution in [0.25, 0.3) is 5.57 Å². The fraction of sp³-hybridized carbons (Fsp3) is 0.250. The summed E-state index contributed by atoms with van der Waals surface area (Å²) >= 11 is 2.13. The van der Waals surface area contributed by atoms with Crippen molar-refractivity contribution in [3.05, 3.63) is 63.7 Å². The summed E-state index contributed by atoms with van der Waals surface area (Å²) in [7, 11) is -3.66. The SMILES string of the molecule is C=C(C(=O)O)c1cccc2c1OC1CCC(NS(=O)(=O)c3ccc(I)cc3)C21. The number of nitrogens with one attached hydrogen (secondary N) is 1. The second-order valence-electron chi connectivity index (χ2n) is 6.95. The third-order valence-electron chi connectivity index (χ3n) is 5.28. The van der Waals surface area contributed by atoms with Crippen LogP contribution < -0.4 is 9.46 Å². The number of rotatable bonds is 5. The van der Waals surface area contributed by atoms with Gasteiger partial charge in [-0.05, 0) is 59.7 Å². The number of carboxylic acids is 1. The molecule has 0 amide bonds. The number of halogens is 1. The number of ether oxygens (including phenoxy) is 1. The van der Waals surface area contributed by atoms with Crippen molar-refractivity contribution in [3.63, 3.8) is 0 Å². The van der Waals surface area contributed by atoms with Crippen molar-refractivity contribution in [2.45, 2.75) is 35.8 Å². The lowest BCUT2D eigenvalue weighted by atomic mass is 9.92. The van der Waals surface area contributed by atoms with Crippen molar-refractivity contribution >= 4 is 44.2 Å². The maximum absolute atomic E-state index is 12.8. The summed E-state index contributed by atoms with van der Waals surface area (Å²) in [5, 5.41) is 9.27. The number of carbonyl (C=O) groups is 1. The van der Waals surface area contributed by atoms with Crippen molar-refractivity contribution in [1.29, 1.82) is 0 Å². The lowest BCUT2D eigenvalue weighted by Gasteiger charge is -2.20. The molecule has 0 aromatic heterocycles. The summed E-state index contributed by atoms with van der Waals surface area (Å²) in [6, 6.07) is 11.7. The summed E-state index contributed by atoms with van der Waals surface area (Å²) in [5.74, 6) is -0.761. The summed E-state index contributed by atoms with van der Waals surface area (Å²) < 4.78 is 35.5. The van der Waals surface area contributed by atoms with E-state index in [9.17, 15) is 18.3 Å². The fourth-order valence-electron chi connectivity index (χ4n) is 3.98. The second-order valence-corrected chi connectivity index (χ2v) is 9.91. The maximum Gasteiger partial charge on any atom is 0.335 e. The Hall–Kier alpha value is -1.91. The molecular formula is C20H18INO5S. The largest absolute Gasteiger partial charge is 0.489 e. The van der Waals surface area contributed by atoms with Gasteiger partial charge in [0.1, 0.15) is 11.9 Å². The Morgan fingerprint density at radius 2 is 1.89 bits per heavy atom. The highest BCUT2D eigenvalue weighted by Crippen LogP contribution is 2.49. The Morgan fingerprint density at radius 1 is 1.18 bits per heavy atom. The van der Waals surface area contributed by atoms with Crippen LogP contribution in [0.3, 0.4) is 0 Å². The number of sulfonamides is 1. The van der Waals surface area contributed by atoms with Gasteiger partial charge < -0.3 is 9.84 Å². The number of carboxylic acid groups (broad SMARTS) is 1. The highest BCUT2D eigenvalue weighted by molar-refractivity contribution is 14.1. The van der Waals surface area contributed by atoms with Crippen molar-refractivity contribution in [1.82, 2.24) is 4.72 Å². The molecule has 1 heterocycles. The quantitative estimate of drug-likeness (QED) is 0.475.